The molecular formula is C15H17N5O2S. The van der Waals surface area contributed by atoms with Crippen molar-refractivity contribution in [3.05, 3.63) is 41.1 Å². The molecule has 0 saturated heterocycles. The highest BCUT2D eigenvalue weighted by Crippen LogP contribution is 2.20. The highest BCUT2D eigenvalue weighted by molar-refractivity contribution is 7.99. The molecule has 0 atom stereocenters. The minimum atomic E-state index is -0.688. The van der Waals surface area contributed by atoms with Gasteiger partial charge in [0.15, 0.2) is 5.16 Å². The van der Waals surface area contributed by atoms with Crippen molar-refractivity contribution in [1.29, 1.82) is 0 Å². The molecule has 2 aromatic rings. The summed E-state index contributed by atoms with van der Waals surface area (Å²) in [5, 5.41) is 3.15. The molecule has 0 aliphatic rings. The van der Waals surface area contributed by atoms with Crippen LogP contribution in [0.4, 0.5) is 11.5 Å². The van der Waals surface area contributed by atoms with E-state index in [4.69, 9.17) is 11.5 Å². The minimum absolute atomic E-state index is 0.00457. The van der Waals surface area contributed by atoms with Crippen LogP contribution in [0.15, 0.2) is 29.6 Å². The van der Waals surface area contributed by atoms with E-state index in [1.54, 1.807) is 0 Å². The molecule has 5 N–H and O–H groups in total. The Morgan fingerprint density at radius 1 is 1.30 bits per heavy atom. The quantitative estimate of drug-likeness (QED) is 0.563. The Hall–Kier alpha value is -2.61. The van der Waals surface area contributed by atoms with Gasteiger partial charge in [0.25, 0.3) is 5.91 Å². The fraction of sp³-hybridized carbons (Fsp3) is 0.200. The van der Waals surface area contributed by atoms with Crippen LogP contribution in [0.1, 0.15) is 21.5 Å². The molecule has 0 fully saturated rings. The molecule has 7 nitrogen and oxygen atoms in total. The first-order chi connectivity index (χ1) is 10.9. The third-order valence-electron chi connectivity index (χ3n) is 3.27. The van der Waals surface area contributed by atoms with Crippen LogP contribution < -0.4 is 16.8 Å². The first-order valence-electron chi connectivity index (χ1n) is 6.79. The molecule has 120 valence electrons. The molecule has 0 radical (unpaired) electrons. The van der Waals surface area contributed by atoms with E-state index in [-0.39, 0.29) is 23.0 Å². The molecule has 23 heavy (non-hydrogen) atoms. The van der Waals surface area contributed by atoms with Gasteiger partial charge in [-0.05, 0) is 31.0 Å². The Kier molecular flexibility index (Phi) is 5.17. The van der Waals surface area contributed by atoms with E-state index in [9.17, 15) is 9.59 Å². The van der Waals surface area contributed by atoms with Gasteiger partial charge in [-0.25, -0.2) is 9.97 Å². The molecule has 0 aliphatic carbocycles. The number of primary amides is 1. The lowest BCUT2D eigenvalue weighted by Crippen LogP contribution is -2.17. The van der Waals surface area contributed by atoms with Crippen LogP contribution >= 0.6 is 11.8 Å². The molecule has 8 heteroatoms. The molecule has 2 amide bonds. The Balaban J connectivity index is 1.98. The van der Waals surface area contributed by atoms with Gasteiger partial charge in [-0.2, -0.15) is 0 Å². The Labute approximate surface area is 137 Å². The number of rotatable bonds is 5. The largest absolute Gasteiger partial charge is 0.383 e. The SMILES string of the molecule is Cc1cccc(NC(=O)CSc2ncc(C(N)=O)c(N)n2)c1C. The third kappa shape index (κ3) is 4.19. The molecule has 0 bridgehead atoms. The average Bonchev–Trinajstić information content (AvgIpc) is 2.49. The number of nitrogens with two attached hydrogens (primary N) is 2. The molecule has 1 aromatic heterocycles. The summed E-state index contributed by atoms with van der Waals surface area (Å²) >= 11 is 1.13. The molecule has 0 saturated carbocycles. The van der Waals surface area contributed by atoms with Crippen LogP contribution in [-0.4, -0.2) is 27.5 Å². The zero-order valence-electron chi connectivity index (χ0n) is 12.8. The lowest BCUT2D eigenvalue weighted by molar-refractivity contribution is -0.113. The van der Waals surface area contributed by atoms with Crippen molar-refractivity contribution < 1.29 is 9.59 Å². The number of hydrogen-bond acceptors (Lipinski definition) is 6. The van der Waals surface area contributed by atoms with Gasteiger partial charge in [-0.15, -0.1) is 0 Å². The highest BCUT2D eigenvalue weighted by Gasteiger charge is 2.11. The van der Waals surface area contributed by atoms with Gasteiger partial charge in [-0.3, -0.25) is 9.59 Å². The number of nitrogens with zero attached hydrogens (tertiary/aromatic N) is 2. The lowest BCUT2D eigenvalue weighted by Gasteiger charge is -2.10. The number of nitrogens with one attached hydrogen (secondary N) is 1. The number of carbonyl (C=O) groups excluding carboxylic acids is 2. The summed E-state index contributed by atoms with van der Waals surface area (Å²) in [5.41, 5.74) is 13.7. The highest BCUT2D eigenvalue weighted by atomic mass is 32.2. The summed E-state index contributed by atoms with van der Waals surface area (Å²) in [4.78, 5) is 31.0. The number of nitrogen functional groups attached to an aromatic ring is 1. The number of aryl methyl sites for hydroxylation is 1. The fourth-order valence-corrected chi connectivity index (χ4v) is 2.46. The second-order valence-electron chi connectivity index (χ2n) is 4.90. The minimum Gasteiger partial charge on any atom is -0.383 e. The maximum atomic E-state index is 12.0. The van der Waals surface area contributed by atoms with Crippen LogP contribution in [0, 0.1) is 13.8 Å². The summed E-state index contributed by atoms with van der Waals surface area (Å²) in [6.45, 7) is 3.93. The average molecular weight is 331 g/mol. The molecule has 0 spiro atoms. The normalized spacial score (nSPS) is 10.3. The van der Waals surface area contributed by atoms with E-state index in [0.29, 0.717) is 5.16 Å². The Bertz CT molecular complexity index is 764. The van der Waals surface area contributed by atoms with Crippen LogP contribution in [0.3, 0.4) is 0 Å². The monoisotopic (exact) mass is 331 g/mol. The molecular weight excluding hydrogens is 314 g/mol. The molecule has 1 aromatic carbocycles. The maximum absolute atomic E-state index is 12.0. The lowest BCUT2D eigenvalue weighted by atomic mass is 10.1. The number of aromatic nitrogens is 2. The zero-order valence-corrected chi connectivity index (χ0v) is 13.6. The number of anilines is 2. The summed E-state index contributed by atoms with van der Waals surface area (Å²) in [6, 6.07) is 5.72. The van der Waals surface area contributed by atoms with Gasteiger partial charge >= 0.3 is 0 Å². The number of amides is 2. The number of hydrogen-bond donors (Lipinski definition) is 3. The molecule has 0 aliphatic heterocycles. The van der Waals surface area contributed by atoms with Crippen LogP contribution in [0.5, 0.6) is 0 Å². The molecule has 1 heterocycles. The van der Waals surface area contributed by atoms with Gasteiger partial charge in [0.1, 0.15) is 5.82 Å². The summed E-state index contributed by atoms with van der Waals surface area (Å²) in [6.07, 6.45) is 1.26. The van der Waals surface area contributed by atoms with Crippen LogP contribution in [0.2, 0.25) is 0 Å². The van der Waals surface area contributed by atoms with Crippen LogP contribution in [-0.2, 0) is 4.79 Å². The first-order valence-corrected chi connectivity index (χ1v) is 7.78. The van der Waals surface area contributed by atoms with E-state index >= 15 is 0 Å². The van der Waals surface area contributed by atoms with Crippen molar-refractivity contribution >= 4 is 35.1 Å². The van der Waals surface area contributed by atoms with Gasteiger partial charge in [0.05, 0.1) is 11.3 Å². The van der Waals surface area contributed by atoms with Gasteiger partial charge in [0.2, 0.25) is 5.91 Å². The smallest absolute Gasteiger partial charge is 0.254 e. The molecule has 2 rings (SSSR count). The van der Waals surface area contributed by atoms with Gasteiger partial charge < -0.3 is 16.8 Å². The fourth-order valence-electron chi connectivity index (χ4n) is 1.84. The topological polar surface area (TPSA) is 124 Å². The van der Waals surface area contributed by atoms with Crippen molar-refractivity contribution in [3.8, 4) is 0 Å². The van der Waals surface area contributed by atoms with E-state index in [2.05, 4.69) is 15.3 Å². The first kappa shape index (κ1) is 16.8. The standard InChI is InChI=1S/C15H17N5O2S/c1-8-4-3-5-11(9(8)2)19-12(21)7-23-15-18-6-10(14(17)22)13(16)20-15/h3-6H,7H2,1-2H3,(H2,17,22)(H,19,21)(H2,16,18,20). The Morgan fingerprint density at radius 2 is 2.04 bits per heavy atom. The van der Waals surface area contributed by atoms with Crippen molar-refractivity contribution in [3.63, 3.8) is 0 Å². The van der Waals surface area contributed by atoms with Gasteiger partial charge in [-0.1, -0.05) is 23.9 Å². The number of thioether (sulfide) groups is 1. The van der Waals surface area contributed by atoms with E-state index in [1.165, 1.54) is 6.20 Å². The second kappa shape index (κ2) is 7.10. The second-order valence-corrected chi connectivity index (χ2v) is 5.84. The van der Waals surface area contributed by atoms with E-state index < -0.39 is 5.91 Å². The van der Waals surface area contributed by atoms with Crippen molar-refractivity contribution in [2.24, 2.45) is 5.73 Å². The van der Waals surface area contributed by atoms with Crippen molar-refractivity contribution in [2.75, 3.05) is 16.8 Å². The van der Waals surface area contributed by atoms with Crippen LogP contribution in [0.25, 0.3) is 0 Å². The molecule has 0 unspecified atom stereocenters. The number of benzene rings is 1. The predicted molar refractivity (Wildman–Crippen MR) is 90.2 cm³/mol. The predicted octanol–water partition coefficient (Wildman–Crippen LogP) is 1.51. The van der Waals surface area contributed by atoms with Crippen molar-refractivity contribution in [2.45, 2.75) is 19.0 Å². The summed E-state index contributed by atoms with van der Waals surface area (Å²) in [5.74, 6) is -0.732. The zero-order chi connectivity index (χ0) is 17.0. The Morgan fingerprint density at radius 3 is 2.70 bits per heavy atom. The van der Waals surface area contributed by atoms with E-state index in [0.717, 1.165) is 28.6 Å². The van der Waals surface area contributed by atoms with E-state index in [1.807, 2.05) is 32.0 Å². The summed E-state index contributed by atoms with van der Waals surface area (Å²) < 4.78 is 0. The third-order valence-corrected chi connectivity index (χ3v) is 4.13. The van der Waals surface area contributed by atoms with Crippen molar-refractivity contribution in [1.82, 2.24) is 9.97 Å². The summed E-state index contributed by atoms with van der Waals surface area (Å²) in [7, 11) is 0. The maximum Gasteiger partial charge on any atom is 0.254 e. The van der Waals surface area contributed by atoms with Gasteiger partial charge in [0, 0.05) is 11.9 Å². The number of carbonyl (C=O) groups is 2.